The summed E-state index contributed by atoms with van der Waals surface area (Å²) in [5.41, 5.74) is 2.42. The van der Waals surface area contributed by atoms with E-state index in [9.17, 15) is 19.2 Å². The standard InChI is InChI=1S/C26H21N3O7/c30-21(16-7-10-22-23(11-16)36-14-35-22)13-34-26(33)15-5-8-17(9-6-15)27-24(31)12-20-25(32)29-19-4-2-1-3-18(19)28-20/h1-11,20,28H,12-14H2,(H,27,31)(H,29,32)/t20-/m1/s1. The molecule has 1 atom stereocenters. The number of esters is 1. The average molecular weight is 487 g/mol. The Hall–Kier alpha value is -4.86. The Bertz CT molecular complexity index is 1350. The Labute approximate surface area is 205 Å². The average Bonchev–Trinajstić information content (AvgIpc) is 3.36. The molecular weight excluding hydrogens is 466 g/mol. The first-order chi connectivity index (χ1) is 17.5. The number of benzene rings is 3. The van der Waals surface area contributed by atoms with Gasteiger partial charge in [0, 0.05) is 11.3 Å². The molecule has 0 saturated carbocycles. The van der Waals surface area contributed by atoms with Crippen molar-refractivity contribution in [1.29, 1.82) is 0 Å². The summed E-state index contributed by atoms with van der Waals surface area (Å²) in [6.07, 6.45) is -0.0774. The van der Waals surface area contributed by atoms with Crippen molar-refractivity contribution in [3.63, 3.8) is 0 Å². The molecule has 3 aromatic carbocycles. The van der Waals surface area contributed by atoms with E-state index in [0.29, 0.717) is 28.4 Å². The van der Waals surface area contributed by atoms with Gasteiger partial charge in [-0.1, -0.05) is 12.1 Å². The van der Waals surface area contributed by atoms with Crippen LogP contribution in [0.1, 0.15) is 27.1 Å². The van der Waals surface area contributed by atoms with Crippen LogP contribution >= 0.6 is 0 Å². The Balaban J connectivity index is 1.12. The second-order valence-corrected chi connectivity index (χ2v) is 8.13. The lowest BCUT2D eigenvalue weighted by Crippen LogP contribution is -2.41. The fraction of sp³-hybridized carbons (Fsp3) is 0.154. The van der Waals surface area contributed by atoms with Crippen molar-refractivity contribution in [3.05, 3.63) is 77.9 Å². The van der Waals surface area contributed by atoms with Crippen LogP contribution in [0.15, 0.2) is 66.7 Å². The van der Waals surface area contributed by atoms with E-state index in [4.69, 9.17) is 14.2 Å². The maximum Gasteiger partial charge on any atom is 0.338 e. The third-order valence-corrected chi connectivity index (χ3v) is 5.65. The monoisotopic (exact) mass is 487 g/mol. The highest BCUT2D eigenvalue weighted by atomic mass is 16.7. The molecule has 3 N–H and O–H groups in total. The molecule has 0 fully saturated rings. The molecule has 2 amide bonds. The fourth-order valence-corrected chi connectivity index (χ4v) is 3.79. The maximum atomic E-state index is 12.5. The van der Waals surface area contributed by atoms with E-state index in [-0.39, 0.29) is 36.4 Å². The van der Waals surface area contributed by atoms with Gasteiger partial charge in [-0.05, 0) is 54.6 Å². The van der Waals surface area contributed by atoms with E-state index < -0.39 is 18.6 Å². The number of para-hydroxylation sites is 2. The first-order valence-electron chi connectivity index (χ1n) is 11.1. The first-order valence-corrected chi connectivity index (χ1v) is 11.1. The number of ether oxygens (including phenoxy) is 3. The smallest absolute Gasteiger partial charge is 0.338 e. The van der Waals surface area contributed by atoms with Crippen LogP contribution in [0.5, 0.6) is 11.5 Å². The number of amides is 2. The van der Waals surface area contributed by atoms with E-state index in [1.807, 2.05) is 18.2 Å². The van der Waals surface area contributed by atoms with Gasteiger partial charge >= 0.3 is 5.97 Å². The molecule has 0 aromatic heterocycles. The Morgan fingerprint density at radius 2 is 1.64 bits per heavy atom. The summed E-state index contributed by atoms with van der Waals surface area (Å²) in [5.74, 6) is -0.699. The number of hydrogen-bond acceptors (Lipinski definition) is 8. The number of anilines is 3. The predicted molar refractivity (Wildman–Crippen MR) is 129 cm³/mol. The van der Waals surface area contributed by atoms with E-state index >= 15 is 0 Å². The molecule has 2 heterocycles. The third-order valence-electron chi connectivity index (χ3n) is 5.65. The van der Waals surface area contributed by atoms with Crippen molar-refractivity contribution < 1.29 is 33.4 Å². The zero-order valence-electron chi connectivity index (χ0n) is 18.9. The van der Waals surface area contributed by atoms with Gasteiger partial charge in [0.25, 0.3) is 0 Å². The predicted octanol–water partition coefficient (Wildman–Crippen LogP) is 3.22. The SMILES string of the molecule is O=C(C[C@H]1Nc2ccccc2NC1=O)Nc1ccc(C(=O)OCC(=O)c2ccc3c(c2)OCO3)cc1. The topological polar surface area (TPSA) is 132 Å². The number of rotatable bonds is 7. The van der Waals surface area contributed by atoms with Crippen LogP contribution in [0.2, 0.25) is 0 Å². The lowest BCUT2D eigenvalue weighted by molar-refractivity contribution is -0.122. The summed E-state index contributed by atoms with van der Waals surface area (Å²) in [6.45, 7) is -0.337. The van der Waals surface area contributed by atoms with Gasteiger partial charge in [-0.3, -0.25) is 14.4 Å². The van der Waals surface area contributed by atoms with Gasteiger partial charge in [-0.2, -0.15) is 0 Å². The molecule has 10 heteroatoms. The number of Topliss-reactive ketones (excluding diaryl/α,β-unsaturated/α-hetero) is 1. The number of fused-ring (bicyclic) bond motifs is 2. The van der Waals surface area contributed by atoms with E-state index in [0.717, 1.165) is 5.69 Å². The third kappa shape index (κ3) is 4.97. The van der Waals surface area contributed by atoms with Crippen molar-refractivity contribution in [3.8, 4) is 11.5 Å². The number of hydrogen-bond donors (Lipinski definition) is 3. The summed E-state index contributed by atoms with van der Waals surface area (Å²) < 4.78 is 15.6. The number of carbonyl (C=O) groups is 4. The van der Waals surface area contributed by atoms with Gasteiger partial charge in [0.2, 0.25) is 18.6 Å². The largest absolute Gasteiger partial charge is 0.454 e. The van der Waals surface area contributed by atoms with Crippen LogP contribution in [-0.2, 0) is 14.3 Å². The Morgan fingerprint density at radius 3 is 2.44 bits per heavy atom. The molecule has 2 aliphatic heterocycles. The highest BCUT2D eigenvalue weighted by Gasteiger charge is 2.27. The molecule has 0 radical (unpaired) electrons. The zero-order valence-corrected chi connectivity index (χ0v) is 18.9. The molecule has 5 rings (SSSR count). The quantitative estimate of drug-likeness (QED) is 0.342. The molecular formula is C26H21N3O7. The van der Waals surface area contributed by atoms with E-state index in [1.54, 1.807) is 24.3 Å². The van der Waals surface area contributed by atoms with Crippen LogP contribution in [0.25, 0.3) is 0 Å². The second-order valence-electron chi connectivity index (χ2n) is 8.13. The Morgan fingerprint density at radius 1 is 0.917 bits per heavy atom. The maximum absolute atomic E-state index is 12.5. The van der Waals surface area contributed by atoms with Crippen molar-refractivity contribution in [2.45, 2.75) is 12.5 Å². The summed E-state index contributed by atoms with van der Waals surface area (Å²) in [6, 6.07) is 17.3. The van der Waals surface area contributed by atoms with Crippen molar-refractivity contribution >= 4 is 40.6 Å². The summed E-state index contributed by atoms with van der Waals surface area (Å²) in [5, 5.41) is 8.54. The molecule has 10 nitrogen and oxygen atoms in total. The van der Waals surface area contributed by atoms with Gasteiger partial charge in [0.15, 0.2) is 23.9 Å². The minimum Gasteiger partial charge on any atom is -0.454 e. The van der Waals surface area contributed by atoms with Crippen LogP contribution in [-0.4, -0.2) is 43.0 Å². The minimum atomic E-state index is -0.712. The Kier molecular flexibility index (Phi) is 6.23. The highest BCUT2D eigenvalue weighted by Crippen LogP contribution is 2.32. The van der Waals surface area contributed by atoms with Gasteiger partial charge in [0.1, 0.15) is 6.04 Å². The summed E-state index contributed by atoms with van der Waals surface area (Å²) in [7, 11) is 0. The van der Waals surface area contributed by atoms with Crippen LogP contribution in [0.4, 0.5) is 17.1 Å². The zero-order chi connectivity index (χ0) is 25.1. The molecule has 0 spiro atoms. The fourth-order valence-electron chi connectivity index (χ4n) is 3.79. The van der Waals surface area contributed by atoms with E-state index in [2.05, 4.69) is 16.0 Å². The molecule has 0 unspecified atom stereocenters. The van der Waals surface area contributed by atoms with Gasteiger partial charge in [-0.25, -0.2) is 4.79 Å². The normalized spacial score (nSPS) is 15.2. The minimum absolute atomic E-state index is 0.0774. The molecule has 36 heavy (non-hydrogen) atoms. The number of carbonyl (C=O) groups excluding carboxylic acids is 4. The summed E-state index contributed by atoms with van der Waals surface area (Å²) in [4.78, 5) is 49.4. The lowest BCUT2D eigenvalue weighted by Gasteiger charge is -2.26. The molecule has 0 bridgehead atoms. The molecule has 3 aromatic rings. The van der Waals surface area contributed by atoms with Crippen molar-refractivity contribution in [2.75, 3.05) is 29.4 Å². The van der Waals surface area contributed by atoms with Gasteiger partial charge in [-0.15, -0.1) is 0 Å². The van der Waals surface area contributed by atoms with E-state index in [1.165, 1.54) is 24.3 Å². The molecule has 182 valence electrons. The highest BCUT2D eigenvalue weighted by molar-refractivity contribution is 6.06. The van der Waals surface area contributed by atoms with Gasteiger partial charge < -0.3 is 30.2 Å². The molecule has 0 saturated heterocycles. The van der Waals surface area contributed by atoms with Crippen LogP contribution in [0, 0.1) is 0 Å². The number of nitrogens with one attached hydrogen (secondary N) is 3. The number of ketones is 1. The molecule has 0 aliphatic carbocycles. The van der Waals surface area contributed by atoms with Crippen LogP contribution < -0.4 is 25.4 Å². The van der Waals surface area contributed by atoms with Crippen molar-refractivity contribution in [2.24, 2.45) is 0 Å². The van der Waals surface area contributed by atoms with Crippen LogP contribution in [0.3, 0.4) is 0 Å². The molecule has 2 aliphatic rings. The first kappa shape index (κ1) is 22.9. The van der Waals surface area contributed by atoms with Crippen molar-refractivity contribution in [1.82, 2.24) is 0 Å². The summed E-state index contributed by atoms with van der Waals surface area (Å²) >= 11 is 0. The lowest BCUT2D eigenvalue weighted by atomic mass is 10.1. The second kappa shape index (κ2) is 9.79. The van der Waals surface area contributed by atoms with Gasteiger partial charge in [0.05, 0.1) is 23.4 Å².